The summed E-state index contributed by atoms with van der Waals surface area (Å²) >= 11 is 9.39. The molecule has 0 amide bonds. The van der Waals surface area contributed by atoms with E-state index in [1.165, 1.54) is 0 Å². The van der Waals surface area contributed by atoms with Crippen LogP contribution in [-0.4, -0.2) is 22.0 Å². The lowest BCUT2D eigenvalue weighted by Gasteiger charge is -2.09. The maximum Gasteiger partial charge on any atom is 0.178 e. The Labute approximate surface area is 164 Å². The van der Waals surface area contributed by atoms with Crippen molar-refractivity contribution in [2.75, 3.05) is 7.11 Å². The molecule has 1 saturated heterocycles. The van der Waals surface area contributed by atoms with Crippen LogP contribution in [0.5, 0.6) is 5.75 Å². The first-order chi connectivity index (χ1) is 12.7. The van der Waals surface area contributed by atoms with Crippen molar-refractivity contribution < 1.29 is 4.74 Å². The van der Waals surface area contributed by atoms with Gasteiger partial charge in [0, 0.05) is 21.5 Å². The number of thioether (sulfide) groups is 2. The summed E-state index contributed by atoms with van der Waals surface area (Å²) in [5, 5.41) is 2.57. The molecule has 2 N–H and O–H groups in total. The Kier molecular flexibility index (Phi) is 5.21. The van der Waals surface area contributed by atoms with E-state index in [2.05, 4.69) is 20.8 Å². The van der Waals surface area contributed by atoms with Crippen LogP contribution in [0.25, 0.3) is 10.9 Å². The molecule has 1 atom stereocenters. The second kappa shape index (κ2) is 7.75. The van der Waals surface area contributed by atoms with Crippen molar-refractivity contribution in [3.63, 3.8) is 0 Å². The van der Waals surface area contributed by atoms with E-state index in [0.29, 0.717) is 5.02 Å². The third-order valence-corrected chi connectivity index (χ3v) is 6.22. The number of nitrogens with zero attached hydrogens (tertiary/aromatic N) is 2. The van der Waals surface area contributed by atoms with E-state index in [0.717, 1.165) is 32.4 Å². The minimum atomic E-state index is 0.0877. The lowest BCUT2D eigenvalue weighted by atomic mass is 10.2. The van der Waals surface area contributed by atoms with E-state index in [9.17, 15) is 0 Å². The number of rotatable bonds is 4. The molecule has 132 valence electrons. The molecular formula is C18H15ClN4OS2. The molecule has 26 heavy (non-hydrogen) atoms. The van der Waals surface area contributed by atoms with Gasteiger partial charge in [-0.2, -0.15) is 0 Å². The van der Waals surface area contributed by atoms with Crippen LogP contribution >= 0.6 is 35.1 Å². The highest BCUT2D eigenvalue weighted by Gasteiger charge is 2.23. The molecule has 0 saturated carbocycles. The van der Waals surface area contributed by atoms with Crippen LogP contribution in [0.4, 0.5) is 5.69 Å². The van der Waals surface area contributed by atoms with Gasteiger partial charge >= 0.3 is 0 Å². The second-order valence-corrected chi connectivity index (χ2v) is 8.37. The maximum absolute atomic E-state index is 6.06. The van der Waals surface area contributed by atoms with Gasteiger partial charge in [-0.05, 0) is 30.3 Å². The normalized spacial score (nSPS) is 18.2. The summed E-state index contributed by atoms with van der Waals surface area (Å²) in [6.45, 7) is 0. The Bertz CT molecular complexity index is 982. The number of pyridine rings is 1. The van der Waals surface area contributed by atoms with Crippen molar-refractivity contribution >= 4 is 56.9 Å². The van der Waals surface area contributed by atoms with E-state index in [1.54, 1.807) is 36.8 Å². The second-order valence-electron chi connectivity index (χ2n) is 5.40. The van der Waals surface area contributed by atoms with Gasteiger partial charge < -0.3 is 4.74 Å². The number of fused-ring (bicyclic) bond motifs is 1. The lowest BCUT2D eigenvalue weighted by Crippen LogP contribution is -2.29. The molecule has 5 nitrogen and oxygen atoms in total. The molecule has 1 fully saturated rings. The molecule has 0 spiro atoms. The van der Waals surface area contributed by atoms with Crippen molar-refractivity contribution in [3.8, 4) is 5.75 Å². The molecule has 2 aromatic carbocycles. The first kappa shape index (κ1) is 17.5. The molecule has 1 aromatic heterocycles. The van der Waals surface area contributed by atoms with Crippen LogP contribution in [0.3, 0.4) is 0 Å². The number of hydrazine groups is 1. The Morgan fingerprint density at radius 3 is 3.00 bits per heavy atom. The molecule has 8 heteroatoms. The fourth-order valence-electron chi connectivity index (χ4n) is 2.53. The average molecular weight is 403 g/mol. The van der Waals surface area contributed by atoms with Crippen LogP contribution < -0.4 is 15.6 Å². The number of aromatic nitrogens is 1. The number of hydrogen-bond donors (Lipinski definition) is 2. The quantitative estimate of drug-likeness (QED) is 0.653. The summed E-state index contributed by atoms with van der Waals surface area (Å²) in [5.74, 6) is 0.746. The number of benzene rings is 2. The van der Waals surface area contributed by atoms with E-state index in [1.807, 2.05) is 48.5 Å². The molecule has 4 rings (SSSR count). The summed E-state index contributed by atoms with van der Waals surface area (Å²) in [5.41, 5.74) is 8.06. The van der Waals surface area contributed by atoms with Crippen LogP contribution in [0.15, 0.2) is 64.6 Å². The Morgan fingerprint density at radius 1 is 1.23 bits per heavy atom. The predicted molar refractivity (Wildman–Crippen MR) is 110 cm³/mol. The SMILES string of the molecule is COc1ccccc1N=C1NNC(Sc2ccnc3cc(Cl)ccc23)S1. The highest BCUT2D eigenvalue weighted by Crippen LogP contribution is 2.37. The van der Waals surface area contributed by atoms with Crippen LogP contribution in [-0.2, 0) is 0 Å². The molecule has 1 unspecified atom stereocenters. The number of amidine groups is 1. The summed E-state index contributed by atoms with van der Waals surface area (Å²) in [4.78, 5) is 10.2. The van der Waals surface area contributed by atoms with Crippen LogP contribution in [0.1, 0.15) is 0 Å². The number of methoxy groups -OCH3 is 1. The zero-order chi connectivity index (χ0) is 17.9. The summed E-state index contributed by atoms with van der Waals surface area (Å²) < 4.78 is 5.44. The van der Waals surface area contributed by atoms with Gasteiger partial charge in [0.15, 0.2) is 5.17 Å². The minimum Gasteiger partial charge on any atom is -0.494 e. The lowest BCUT2D eigenvalue weighted by molar-refractivity contribution is 0.416. The van der Waals surface area contributed by atoms with Gasteiger partial charge in [-0.3, -0.25) is 10.4 Å². The van der Waals surface area contributed by atoms with E-state index in [4.69, 9.17) is 16.3 Å². The smallest absolute Gasteiger partial charge is 0.178 e. The summed E-state index contributed by atoms with van der Waals surface area (Å²) in [6, 6.07) is 15.5. The van der Waals surface area contributed by atoms with E-state index < -0.39 is 0 Å². The van der Waals surface area contributed by atoms with Gasteiger partial charge in [0.2, 0.25) is 0 Å². The van der Waals surface area contributed by atoms with Gasteiger partial charge in [0.1, 0.15) is 16.1 Å². The summed E-state index contributed by atoms with van der Waals surface area (Å²) in [6.07, 6.45) is 1.80. The minimum absolute atomic E-state index is 0.0877. The third kappa shape index (κ3) is 3.76. The molecule has 0 radical (unpaired) electrons. The molecule has 0 aliphatic carbocycles. The Morgan fingerprint density at radius 2 is 2.12 bits per heavy atom. The van der Waals surface area contributed by atoms with Gasteiger partial charge in [-0.25, -0.2) is 10.4 Å². The number of aliphatic imine (C=N–C) groups is 1. The fourth-order valence-corrected chi connectivity index (χ4v) is 4.85. The number of hydrogen-bond acceptors (Lipinski definition) is 6. The highest BCUT2D eigenvalue weighted by atomic mass is 35.5. The molecule has 2 heterocycles. The summed E-state index contributed by atoms with van der Waals surface area (Å²) in [7, 11) is 1.64. The van der Waals surface area contributed by atoms with Crippen LogP contribution in [0, 0.1) is 0 Å². The third-order valence-electron chi connectivity index (χ3n) is 3.72. The van der Waals surface area contributed by atoms with Crippen molar-refractivity contribution in [3.05, 3.63) is 59.8 Å². The monoisotopic (exact) mass is 402 g/mol. The van der Waals surface area contributed by atoms with Crippen molar-refractivity contribution in [1.82, 2.24) is 15.8 Å². The Hall–Kier alpha value is -1.93. The van der Waals surface area contributed by atoms with Gasteiger partial charge in [0.25, 0.3) is 0 Å². The number of para-hydroxylation sites is 2. The average Bonchev–Trinajstić information content (AvgIpc) is 3.09. The molecule has 3 aromatic rings. The van der Waals surface area contributed by atoms with Gasteiger partial charge in [-0.15, -0.1) is 0 Å². The molecule has 1 aliphatic rings. The van der Waals surface area contributed by atoms with Crippen molar-refractivity contribution in [1.29, 1.82) is 0 Å². The Balaban J connectivity index is 1.52. The molecule has 1 aliphatic heterocycles. The van der Waals surface area contributed by atoms with Gasteiger partial charge in [0.05, 0.1) is 12.6 Å². The van der Waals surface area contributed by atoms with Crippen molar-refractivity contribution in [2.24, 2.45) is 4.99 Å². The maximum atomic E-state index is 6.06. The predicted octanol–water partition coefficient (Wildman–Crippen LogP) is 4.80. The highest BCUT2D eigenvalue weighted by molar-refractivity contribution is 8.25. The van der Waals surface area contributed by atoms with E-state index >= 15 is 0 Å². The van der Waals surface area contributed by atoms with Gasteiger partial charge in [-0.1, -0.05) is 53.3 Å². The fraction of sp³-hybridized carbons (Fsp3) is 0.111. The standard InChI is InChI=1S/C18H15ClN4OS2/c1-24-15-5-3-2-4-13(15)21-17-22-23-18(26-17)25-16-8-9-20-14-10-11(19)6-7-12(14)16/h2-10,18,23H,1H3,(H,21,22). The first-order valence-electron chi connectivity index (χ1n) is 7.84. The molecular weight excluding hydrogens is 388 g/mol. The first-order valence-corrected chi connectivity index (χ1v) is 9.97. The zero-order valence-electron chi connectivity index (χ0n) is 13.8. The number of ether oxygens (including phenoxy) is 1. The zero-order valence-corrected chi connectivity index (χ0v) is 16.2. The van der Waals surface area contributed by atoms with Crippen molar-refractivity contribution in [2.45, 2.75) is 9.60 Å². The molecule has 0 bridgehead atoms. The number of nitrogens with one attached hydrogen (secondary N) is 2. The topological polar surface area (TPSA) is 58.5 Å². The largest absolute Gasteiger partial charge is 0.494 e. The van der Waals surface area contributed by atoms with Crippen LogP contribution in [0.2, 0.25) is 5.02 Å². The van der Waals surface area contributed by atoms with E-state index in [-0.39, 0.29) is 4.71 Å². The number of halogens is 1.